The molecule has 0 atom stereocenters. The molecule has 4 heterocycles. The van der Waals surface area contributed by atoms with E-state index < -0.39 is 0 Å². The Bertz CT molecular complexity index is 903. The van der Waals surface area contributed by atoms with E-state index in [1.165, 1.54) is 0 Å². The molecule has 4 aromatic rings. The molecule has 0 saturated carbocycles. The minimum atomic E-state index is 0.498. The van der Waals surface area contributed by atoms with Crippen molar-refractivity contribution in [1.29, 1.82) is 0 Å². The van der Waals surface area contributed by atoms with Crippen LogP contribution in [-0.4, -0.2) is 29.5 Å². The third-order valence-corrected chi connectivity index (χ3v) is 3.10. The zero-order valence-electron chi connectivity index (χ0n) is 11.5. The lowest BCUT2D eigenvalue weighted by Gasteiger charge is -1.99. The highest BCUT2D eigenvalue weighted by atomic mass is 15.3. The number of nitrogens with zero attached hydrogens (tertiary/aromatic N) is 6. The summed E-state index contributed by atoms with van der Waals surface area (Å²) in [6.07, 6.45) is 10.4. The minimum Gasteiger partial charge on any atom is -0.321 e. The molecule has 0 amide bonds. The van der Waals surface area contributed by atoms with Gasteiger partial charge in [0.15, 0.2) is 5.65 Å². The molecule has 0 aliphatic heterocycles. The summed E-state index contributed by atoms with van der Waals surface area (Å²) in [5, 5.41) is 7.51. The summed E-state index contributed by atoms with van der Waals surface area (Å²) in [5.74, 6) is 0.498. The van der Waals surface area contributed by atoms with Crippen molar-refractivity contribution in [2.24, 2.45) is 0 Å². The fourth-order valence-electron chi connectivity index (χ4n) is 2.08. The monoisotopic (exact) mass is 289 g/mol. The molecule has 0 unspecified atom stereocenters. The summed E-state index contributed by atoms with van der Waals surface area (Å²) in [5.41, 5.74) is 3.22. The molecule has 7 nitrogen and oxygen atoms in total. The predicted molar refractivity (Wildman–Crippen MR) is 81.5 cm³/mol. The van der Waals surface area contributed by atoms with Gasteiger partial charge in [0.25, 0.3) is 0 Å². The normalized spacial score (nSPS) is 10.7. The lowest BCUT2D eigenvalue weighted by atomic mass is 10.2. The van der Waals surface area contributed by atoms with E-state index in [0.717, 1.165) is 16.9 Å². The maximum absolute atomic E-state index is 4.40. The Morgan fingerprint density at radius 1 is 0.955 bits per heavy atom. The Balaban J connectivity index is 1.69. The number of hydrogen-bond acceptors (Lipinski definition) is 6. The Hall–Kier alpha value is -3.35. The lowest BCUT2D eigenvalue weighted by Crippen LogP contribution is -1.94. The lowest BCUT2D eigenvalue weighted by molar-refractivity contribution is 0.952. The van der Waals surface area contributed by atoms with Crippen LogP contribution in [0.15, 0.2) is 61.4 Å². The average Bonchev–Trinajstić information content (AvgIpc) is 2.98. The van der Waals surface area contributed by atoms with Crippen molar-refractivity contribution in [3.05, 3.63) is 61.4 Å². The Kier molecular flexibility index (Phi) is 2.93. The summed E-state index contributed by atoms with van der Waals surface area (Å²) >= 11 is 0. The van der Waals surface area contributed by atoms with Gasteiger partial charge >= 0.3 is 0 Å². The molecule has 0 fully saturated rings. The van der Waals surface area contributed by atoms with Crippen LogP contribution in [-0.2, 0) is 0 Å². The van der Waals surface area contributed by atoms with E-state index in [1.807, 2.05) is 30.5 Å². The highest BCUT2D eigenvalue weighted by Gasteiger charge is 2.06. The SMILES string of the molecule is c1cncc(Nc2nc3cnc(-c4cccnc4)cn3n2)c1. The summed E-state index contributed by atoms with van der Waals surface area (Å²) < 4.78 is 1.69. The first-order valence-electron chi connectivity index (χ1n) is 6.68. The summed E-state index contributed by atoms with van der Waals surface area (Å²) in [6, 6.07) is 7.57. The maximum atomic E-state index is 4.40. The number of fused-ring (bicyclic) bond motifs is 1. The van der Waals surface area contributed by atoms with Crippen molar-refractivity contribution in [2.45, 2.75) is 0 Å². The predicted octanol–water partition coefficient (Wildman–Crippen LogP) is 2.32. The van der Waals surface area contributed by atoms with Crippen LogP contribution < -0.4 is 5.32 Å². The van der Waals surface area contributed by atoms with Gasteiger partial charge in [0.1, 0.15) is 0 Å². The second-order valence-corrected chi connectivity index (χ2v) is 4.62. The van der Waals surface area contributed by atoms with E-state index in [4.69, 9.17) is 0 Å². The average molecular weight is 289 g/mol. The minimum absolute atomic E-state index is 0.498. The topological polar surface area (TPSA) is 80.9 Å². The molecule has 7 heteroatoms. The molecule has 0 aromatic carbocycles. The number of anilines is 2. The molecule has 0 saturated heterocycles. The van der Waals surface area contributed by atoms with Crippen molar-refractivity contribution in [1.82, 2.24) is 29.5 Å². The number of aromatic nitrogens is 6. The quantitative estimate of drug-likeness (QED) is 0.623. The number of pyridine rings is 2. The third kappa shape index (κ3) is 2.35. The number of nitrogens with one attached hydrogen (secondary N) is 1. The summed E-state index contributed by atoms with van der Waals surface area (Å²) in [7, 11) is 0. The zero-order chi connectivity index (χ0) is 14.8. The molecule has 0 aliphatic rings. The van der Waals surface area contributed by atoms with Crippen molar-refractivity contribution >= 4 is 17.3 Å². The van der Waals surface area contributed by atoms with Gasteiger partial charge in [-0.1, -0.05) is 0 Å². The van der Waals surface area contributed by atoms with Crippen molar-refractivity contribution in [3.63, 3.8) is 0 Å². The van der Waals surface area contributed by atoms with E-state index in [0.29, 0.717) is 11.6 Å². The van der Waals surface area contributed by atoms with Gasteiger partial charge in [-0.2, -0.15) is 4.98 Å². The Morgan fingerprint density at radius 3 is 2.59 bits per heavy atom. The Morgan fingerprint density at radius 2 is 1.82 bits per heavy atom. The van der Waals surface area contributed by atoms with Crippen molar-refractivity contribution in [3.8, 4) is 11.3 Å². The molecule has 22 heavy (non-hydrogen) atoms. The van der Waals surface area contributed by atoms with Gasteiger partial charge in [-0.05, 0) is 24.3 Å². The van der Waals surface area contributed by atoms with E-state index in [-0.39, 0.29) is 0 Å². The first-order chi connectivity index (χ1) is 10.9. The van der Waals surface area contributed by atoms with Crippen molar-refractivity contribution < 1.29 is 0 Å². The fraction of sp³-hybridized carbons (Fsp3) is 0. The molecular formula is C15H11N7. The second kappa shape index (κ2) is 5.21. The van der Waals surface area contributed by atoms with Crippen LogP contribution in [0, 0.1) is 0 Å². The van der Waals surface area contributed by atoms with Gasteiger partial charge in [0.05, 0.1) is 30.0 Å². The summed E-state index contributed by atoms with van der Waals surface area (Å²) in [6.45, 7) is 0. The molecule has 0 aliphatic carbocycles. The molecule has 106 valence electrons. The zero-order valence-corrected chi connectivity index (χ0v) is 11.5. The van der Waals surface area contributed by atoms with Crippen LogP contribution in [0.1, 0.15) is 0 Å². The van der Waals surface area contributed by atoms with Gasteiger partial charge in [-0.3, -0.25) is 15.0 Å². The molecule has 4 aromatic heterocycles. The molecule has 0 bridgehead atoms. The van der Waals surface area contributed by atoms with Crippen LogP contribution in [0.2, 0.25) is 0 Å². The van der Waals surface area contributed by atoms with Crippen LogP contribution in [0.3, 0.4) is 0 Å². The van der Waals surface area contributed by atoms with Crippen LogP contribution in [0.5, 0.6) is 0 Å². The first kappa shape index (κ1) is 12.4. The first-order valence-corrected chi connectivity index (χ1v) is 6.68. The highest BCUT2D eigenvalue weighted by molar-refractivity contribution is 5.59. The van der Waals surface area contributed by atoms with E-state index >= 15 is 0 Å². The van der Waals surface area contributed by atoms with Gasteiger partial charge < -0.3 is 5.32 Å². The van der Waals surface area contributed by atoms with Gasteiger partial charge in [-0.15, -0.1) is 5.10 Å². The molecular weight excluding hydrogens is 278 g/mol. The third-order valence-electron chi connectivity index (χ3n) is 3.10. The standard InChI is InChI=1S/C15H11N7/c1-3-11(7-16-5-1)13-10-22-14(9-18-13)20-15(21-22)19-12-4-2-6-17-8-12/h1-10H,(H,19,21). The largest absolute Gasteiger partial charge is 0.321 e. The molecule has 4 rings (SSSR count). The van der Waals surface area contributed by atoms with Gasteiger partial charge in [-0.25, -0.2) is 4.52 Å². The molecule has 0 spiro atoms. The van der Waals surface area contributed by atoms with Crippen LogP contribution in [0.25, 0.3) is 16.9 Å². The van der Waals surface area contributed by atoms with E-state index in [9.17, 15) is 0 Å². The Labute approximate surface area is 125 Å². The van der Waals surface area contributed by atoms with Crippen molar-refractivity contribution in [2.75, 3.05) is 5.32 Å². The van der Waals surface area contributed by atoms with Crippen LogP contribution >= 0.6 is 0 Å². The summed E-state index contributed by atoms with van der Waals surface area (Å²) in [4.78, 5) is 16.9. The van der Waals surface area contributed by atoms with E-state index in [2.05, 4.69) is 30.4 Å². The van der Waals surface area contributed by atoms with Gasteiger partial charge in [0.2, 0.25) is 5.95 Å². The molecule has 1 N–H and O–H groups in total. The smallest absolute Gasteiger partial charge is 0.247 e. The van der Waals surface area contributed by atoms with E-state index in [1.54, 1.807) is 35.5 Å². The number of hydrogen-bond donors (Lipinski definition) is 1. The maximum Gasteiger partial charge on any atom is 0.247 e. The molecule has 0 radical (unpaired) electrons. The van der Waals surface area contributed by atoms with Gasteiger partial charge in [0, 0.05) is 24.2 Å². The second-order valence-electron chi connectivity index (χ2n) is 4.62. The number of rotatable bonds is 3. The highest BCUT2D eigenvalue weighted by Crippen LogP contribution is 2.17. The van der Waals surface area contributed by atoms with Crippen LogP contribution in [0.4, 0.5) is 11.6 Å². The fourth-order valence-corrected chi connectivity index (χ4v) is 2.08.